The maximum atomic E-state index is 13.5. The summed E-state index contributed by atoms with van der Waals surface area (Å²) in [5, 5.41) is 0. The molecule has 7 heteroatoms. The van der Waals surface area contributed by atoms with Crippen molar-refractivity contribution >= 4 is 11.8 Å². The summed E-state index contributed by atoms with van der Waals surface area (Å²) in [5.41, 5.74) is 0.979. The number of nitrogens with zero attached hydrogens (tertiary/aromatic N) is 5. The van der Waals surface area contributed by atoms with Gasteiger partial charge in [-0.1, -0.05) is 0 Å². The summed E-state index contributed by atoms with van der Waals surface area (Å²) < 4.78 is 1.91. The van der Waals surface area contributed by atoms with Crippen molar-refractivity contribution in [2.45, 2.75) is 25.2 Å². The molecule has 1 saturated carbocycles. The Balaban J connectivity index is 1.47. The molecule has 7 nitrogen and oxygen atoms in total. The van der Waals surface area contributed by atoms with Gasteiger partial charge in [-0.3, -0.25) is 14.6 Å². The molecule has 2 saturated heterocycles. The number of carbonyl (C=O) groups is 2. The monoisotopic (exact) mass is 379 g/mol. The second-order valence-electron chi connectivity index (χ2n) is 8.54. The molecule has 146 valence electrons. The number of aromatic nitrogens is 3. The Morgan fingerprint density at radius 2 is 2.07 bits per heavy atom. The molecule has 5 rings (SSSR count). The topological polar surface area (TPSA) is 71.3 Å². The van der Waals surface area contributed by atoms with Gasteiger partial charge in [-0.15, -0.1) is 0 Å². The number of pyridine rings is 1. The van der Waals surface area contributed by atoms with Crippen molar-refractivity contribution in [3.8, 4) is 0 Å². The van der Waals surface area contributed by atoms with E-state index >= 15 is 0 Å². The van der Waals surface area contributed by atoms with Gasteiger partial charge in [-0.25, -0.2) is 4.98 Å². The van der Waals surface area contributed by atoms with E-state index in [9.17, 15) is 9.59 Å². The van der Waals surface area contributed by atoms with Gasteiger partial charge in [0.1, 0.15) is 0 Å². The number of aryl methyl sites for hydroxylation is 1. The highest BCUT2D eigenvalue weighted by atomic mass is 16.2. The van der Waals surface area contributed by atoms with Gasteiger partial charge in [0.25, 0.3) is 5.91 Å². The zero-order valence-corrected chi connectivity index (χ0v) is 16.1. The summed E-state index contributed by atoms with van der Waals surface area (Å²) in [6.45, 7) is 2.65. The fourth-order valence-electron chi connectivity index (χ4n) is 4.85. The zero-order chi connectivity index (χ0) is 19.3. The van der Waals surface area contributed by atoms with Crippen molar-refractivity contribution < 1.29 is 9.59 Å². The minimum Gasteiger partial charge on any atom is -0.342 e. The van der Waals surface area contributed by atoms with Gasteiger partial charge in [0.15, 0.2) is 0 Å². The Kier molecular flexibility index (Phi) is 4.00. The summed E-state index contributed by atoms with van der Waals surface area (Å²) in [4.78, 5) is 39.1. The Morgan fingerprint density at radius 1 is 1.29 bits per heavy atom. The van der Waals surface area contributed by atoms with Gasteiger partial charge in [-0.2, -0.15) is 0 Å². The van der Waals surface area contributed by atoms with E-state index in [1.165, 1.54) is 12.8 Å². The lowest BCUT2D eigenvalue weighted by molar-refractivity contribution is -0.136. The molecule has 0 N–H and O–H groups in total. The Labute approximate surface area is 164 Å². The van der Waals surface area contributed by atoms with E-state index in [1.807, 2.05) is 27.6 Å². The first-order valence-corrected chi connectivity index (χ1v) is 10.0. The van der Waals surface area contributed by atoms with Crippen molar-refractivity contribution in [3.63, 3.8) is 0 Å². The molecule has 0 bridgehead atoms. The minimum absolute atomic E-state index is 0.0337. The van der Waals surface area contributed by atoms with Gasteiger partial charge in [0, 0.05) is 63.3 Å². The SMILES string of the molecule is Cn1cnc([C@H]2CN(C(=O)c3ccncc3)C[C@@]23CCN(CC2CC2)C3=O)c1. The number of hydrogen-bond donors (Lipinski definition) is 0. The molecule has 2 aromatic rings. The lowest BCUT2D eigenvalue weighted by Crippen LogP contribution is -2.41. The maximum Gasteiger partial charge on any atom is 0.254 e. The molecular weight excluding hydrogens is 354 g/mol. The first-order valence-electron chi connectivity index (χ1n) is 10.0. The van der Waals surface area contributed by atoms with E-state index in [2.05, 4.69) is 9.97 Å². The van der Waals surface area contributed by atoms with E-state index in [1.54, 1.807) is 30.9 Å². The third-order valence-corrected chi connectivity index (χ3v) is 6.56. The van der Waals surface area contributed by atoms with Crippen LogP contribution in [0.15, 0.2) is 37.1 Å². The quantitative estimate of drug-likeness (QED) is 0.810. The van der Waals surface area contributed by atoms with E-state index in [0.29, 0.717) is 24.6 Å². The summed E-state index contributed by atoms with van der Waals surface area (Å²) in [5.74, 6) is 0.785. The van der Waals surface area contributed by atoms with Gasteiger partial charge in [0.05, 0.1) is 17.4 Å². The molecule has 1 spiro atoms. The van der Waals surface area contributed by atoms with Gasteiger partial charge >= 0.3 is 0 Å². The largest absolute Gasteiger partial charge is 0.342 e. The predicted octanol–water partition coefficient (Wildman–Crippen LogP) is 1.68. The fraction of sp³-hybridized carbons (Fsp3) is 0.524. The second-order valence-corrected chi connectivity index (χ2v) is 8.54. The lowest BCUT2D eigenvalue weighted by atomic mass is 9.75. The third kappa shape index (κ3) is 2.80. The highest BCUT2D eigenvalue weighted by molar-refractivity contribution is 5.96. The van der Waals surface area contributed by atoms with Crippen LogP contribution in [0.25, 0.3) is 0 Å². The molecule has 2 aromatic heterocycles. The highest BCUT2D eigenvalue weighted by Crippen LogP contribution is 2.50. The minimum atomic E-state index is -0.550. The number of carbonyl (C=O) groups excluding carboxylic acids is 2. The molecule has 4 heterocycles. The van der Waals surface area contributed by atoms with Crippen molar-refractivity contribution in [2.75, 3.05) is 26.2 Å². The molecule has 0 unspecified atom stereocenters. The maximum absolute atomic E-state index is 13.5. The second kappa shape index (κ2) is 6.43. The number of imidazole rings is 1. The number of rotatable bonds is 4. The van der Waals surface area contributed by atoms with Crippen LogP contribution in [0, 0.1) is 11.3 Å². The predicted molar refractivity (Wildman–Crippen MR) is 102 cm³/mol. The van der Waals surface area contributed by atoms with Crippen LogP contribution in [-0.4, -0.2) is 62.3 Å². The zero-order valence-electron chi connectivity index (χ0n) is 16.1. The van der Waals surface area contributed by atoms with Crippen LogP contribution in [0.2, 0.25) is 0 Å². The van der Waals surface area contributed by atoms with Crippen molar-refractivity contribution in [2.24, 2.45) is 18.4 Å². The average molecular weight is 379 g/mol. The van der Waals surface area contributed by atoms with Crippen LogP contribution >= 0.6 is 0 Å². The molecule has 0 aromatic carbocycles. The van der Waals surface area contributed by atoms with Gasteiger partial charge < -0.3 is 14.4 Å². The van der Waals surface area contributed by atoms with Crippen molar-refractivity contribution in [1.82, 2.24) is 24.3 Å². The average Bonchev–Trinajstić information content (AvgIpc) is 3.16. The molecule has 28 heavy (non-hydrogen) atoms. The summed E-state index contributed by atoms with van der Waals surface area (Å²) in [6, 6.07) is 3.47. The molecule has 3 aliphatic rings. The molecule has 1 aliphatic carbocycles. The van der Waals surface area contributed by atoms with Crippen LogP contribution in [0.3, 0.4) is 0 Å². The number of likely N-dealkylation sites (tertiary alicyclic amines) is 2. The molecule has 2 aliphatic heterocycles. The van der Waals surface area contributed by atoms with E-state index in [-0.39, 0.29) is 17.7 Å². The van der Waals surface area contributed by atoms with Crippen LogP contribution in [0.5, 0.6) is 0 Å². The summed E-state index contributed by atoms with van der Waals surface area (Å²) >= 11 is 0. The number of amides is 2. The molecule has 2 atom stereocenters. The Hall–Kier alpha value is -2.70. The molecule has 0 radical (unpaired) electrons. The first-order chi connectivity index (χ1) is 13.6. The number of hydrogen-bond acceptors (Lipinski definition) is 4. The van der Waals surface area contributed by atoms with Crippen molar-refractivity contribution in [3.05, 3.63) is 48.3 Å². The van der Waals surface area contributed by atoms with E-state index < -0.39 is 5.41 Å². The van der Waals surface area contributed by atoms with Crippen LogP contribution < -0.4 is 0 Å². The summed E-state index contributed by atoms with van der Waals surface area (Å²) in [6.07, 6.45) is 10.3. The highest BCUT2D eigenvalue weighted by Gasteiger charge is 2.59. The van der Waals surface area contributed by atoms with Crippen molar-refractivity contribution in [1.29, 1.82) is 0 Å². The fourth-order valence-corrected chi connectivity index (χ4v) is 4.85. The van der Waals surface area contributed by atoms with E-state index in [4.69, 9.17) is 0 Å². The van der Waals surface area contributed by atoms with Gasteiger partial charge in [-0.05, 0) is 37.3 Å². The lowest BCUT2D eigenvalue weighted by Gasteiger charge is -2.27. The third-order valence-electron chi connectivity index (χ3n) is 6.56. The summed E-state index contributed by atoms with van der Waals surface area (Å²) in [7, 11) is 1.94. The molecule has 2 amide bonds. The molecule has 3 fully saturated rings. The van der Waals surface area contributed by atoms with Crippen LogP contribution in [-0.2, 0) is 11.8 Å². The van der Waals surface area contributed by atoms with Crippen LogP contribution in [0.4, 0.5) is 0 Å². The van der Waals surface area contributed by atoms with E-state index in [0.717, 1.165) is 25.2 Å². The standard InChI is InChI=1S/C21H25N5O2/c1-24-12-18(23-14-24)17-11-26(19(27)16-4-7-22-8-5-16)13-21(17)6-9-25(20(21)28)10-15-2-3-15/h4-5,7-8,12,14-15,17H,2-3,6,9-11,13H2,1H3/t17-,21+/m1/s1. The Morgan fingerprint density at radius 3 is 2.75 bits per heavy atom. The smallest absolute Gasteiger partial charge is 0.254 e. The van der Waals surface area contributed by atoms with Gasteiger partial charge in [0.2, 0.25) is 5.91 Å². The Bertz CT molecular complexity index is 907. The normalized spacial score (nSPS) is 27.2. The molecular formula is C21H25N5O2. The van der Waals surface area contributed by atoms with Crippen LogP contribution in [0.1, 0.15) is 41.2 Å². The first kappa shape index (κ1) is 17.4.